The quantitative estimate of drug-likeness (QED) is 0.630. The standard InChI is InChI=1S/C11H7ClFN3S/c12-10-5-9(13)2-1-8(10)6-16-4-3-11(15-16)14-7-17/h1-5H,6H2. The van der Waals surface area contributed by atoms with Gasteiger partial charge in [0.25, 0.3) is 0 Å². The van der Waals surface area contributed by atoms with E-state index in [1.165, 1.54) is 12.1 Å². The van der Waals surface area contributed by atoms with Gasteiger partial charge in [0, 0.05) is 17.3 Å². The third-order valence-corrected chi connectivity index (χ3v) is 2.58. The monoisotopic (exact) mass is 267 g/mol. The number of aromatic nitrogens is 2. The molecular formula is C11H7ClFN3S. The lowest BCUT2D eigenvalue weighted by molar-refractivity contribution is 0.624. The van der Waals surface area contributed by atoms with Crippen molar-refractivity contribution in [3.63, 3.8) is 0 Å². The summed E-state index contributed by atoms with van der Waals surface area (Å²) in [5.41, 5.74) is 0.786. The van der Waals surface area contributed by atoms with E-state index in [9.17, 15) is 4.39 Å². The molecule has 0 N–H and O–H groups in total. The minimum absolute atomic E-state index is 0.356. The lowest BCUT2D eigenvalue weighted by Gasteiger charge is -2.04. The van der Waals surface area contributed by atoms with Gasteiger partial charge in [0.1, 0.15) is 5.82 Å². The second kappa shape index (κ2) is 5.19. The molecule has 0 atom stereocenters. The lowest BCUT2D eigenvalue weighted by Crippen LogP contribution is -2.00. The Hall–Kier alpha value is -1.55. The van der Waals surface area contributed by atoms with E-state index >= 15 is 0 Å². The van der Waals surface area contributed by atoms with Crippen molar-refractivity contribution in [3.8, 4) is 0 Å². The number of rotatable bonds is 3. The first kappa shape index (κ1) is 11.9. The Kier molecular flexibility index (Phi) is 3.64. The van der Waals surface area contributed by atoms with Gasteiger partial charge < -0.3 is 0 Å². The molecule has 0 amide bonds. The molecule has 0 fully saturated rings. The zero-order valence-corrected chi connectivity index (χ0v) is 10.2. The summed E-state index contributed by atoms with van der Waals surface area (Å²) in [6, 6.07) is 5.97. The molecule has 0 spiro atoms. The molecule has 0 saturated heterocycles. The Morgan fingerprint density at radius 1 is 1.47 bits per heavy atom. The highest BCUT2D eigenvalue weighted by atomic mass is 35.5. The van der Waals surface area contributed by atoms with Gasteiger partial charge in [0.05, 0.1) is 11.7 Å². The van der Waals surface area contributed by atoms with E-state index in [-0.39, 0.29) is 5.82 Å². The summed E-state index contributed by atoms with van der Waals surface area (Å²) in [6.45, 7) is 0.450. The molecule has 0 saturated carbocycles. The summed E-state index contributed by atoms with van der Waals surface area (Å²) < 4.78 is 14.5. The smallest absolute Gasteiger partial charge is 0.184 e. The van der Waals surface area contributed by atoms with Crippen LogP contribution >= 0.6 is 23.8 Å². The van der Waals surface area contributed by atoms with Crippen molar-refractivity contribution in [1.82, 2.24) is 9.78 Å². The largest absolute Gasteiger partial charge is 0.266 e. The zero-order valence-electron chi connectivity index (χ0n) is 8.60. The van der Waals surface area contributed by atoms with Crippen LogP contribution in [-0.4, -0.2) is 14.9 Å². The van der Waals surface area contributed by atoms with Crippen LogP contribution < -0.4 is 0 Å². The Bertz CT molecular complexity index is 590. The highest BCUT2D eigenvalue weighted by Crippen LogP contribution is 2.18. The number of thiocarbonyl (C=S) groups is 1. The molecule has 0 unspecified atom stereocenters. The molecule has 0 radical (unpaired) electrons. The first-order valence-electron chi connectivity index (χ1n) is 4.74. The fourth-order valence-corrected chi connectivity index (χ4v) is 1.69. The molecule has 6 heteroatoms. The van der Waals surface area contributed by atoms with Gasteiger partial charge in [-0.25, -0.2) is 4.39 Å². The minimum atomic E-state index is -0.356. The molecule has 17 heavy (non-hydrogen) atoms. The van der Waals surface area contributed by atoms with Gasteiger partial charge in [-0.1, -0.05) is 17.7 Å². The maximum absolute atomic E-state index is 12.8. The van der Waals surface area contributed by atoms with Gasteiger partial charge in [0.15, 0.2) is 5.82 Å². The minimum Gasteiger partial charge on any atom is -0.266 e. The number of halogens is 2. The molecule has 2 rings (SSSR count). The van der Waals surface area contributed by atoms with Gasteiger partial charge in [0.2, 0.25) is 0 Å². The summed E-state index contributed by atoms with van der Waals surface area (Å²) in [6.07, 6.45) is 1.74. The lowest BCUT2D eigenvalue weighted by atomic mass is 10.2. The van der Waals surface area contributed by atoms with Gasteiger partial charge >= 0.3 is 0 Å². The Morgan fingerprint density at radius 2 is 2.29 bits per heavy atom. The van der Waals surface area contributed by atoms with Crippen LogP contribution in [0.25, 0.3) is 0 Å². The van der Waals surface area contributed by atoms with E-state index in [4.69, 9.17) is 11.6 Å². The SMILES string of the molecule is Fc1ccc(Cn2ccc(N=C=S)n2)c(Cl)c1. The number of hydrogen-bond acceptors (Lipinski definition) is 3. The fourth-order valence-electron chi connectivity index (χ4n) is 1.37. The second-order valence-corrected chi connectivity index (χ2v) is 3.90. The van der Waals surface area contributed by atoms with Gasteiger partial charge in [-0.2, -0.15) is 10.1 Å². The highest BCUT2D eigenvalue weighted by Gasteiger charge is 2.04. The van der Waals surface area contributed by atoms with Crippen molar-refractivity contribution in [2.45, 2.75) is 6.54 Å². The topological polar surface area (TPSA) is 30.2 Å². The third kappa shape index (κ3) is 2.97. The molecule has 0 aliphatic heterocycles. The van der Waals surface area contributed by atoms with Crippen LogP contribution in [0.15, 0.2) is 35.5 Å². The number of benzene rings is 1. The Morgan fingerprint density at radius 3 is 3.00 bits per heavy atom. The van der Waals surface area contributed by atoms with E-state index in [0.29, 0.717) is 17.4 Å². The van der Waals surface area contributed by atoms with Crippen LogP contribution in [0.2, 0.25) is 5.02 Å². The van der Waals surface area contributed by atoms with Crippen LogP contribution in [0.3, 0.4) is 0 Å². The van der Waals surface area contributed by atoms with E-state index in [1.807, 2.05) is 0 Å². The van der Waals surface area contributed by atoms with Crippen LogP contribution in [-0.2, 0) is 6.54 Å². The molecule has 0 bridgehead atoms. The molecule has 1 aromatic carbocycles. The average molecular weight is 268 g/mol. The van der Waals surface area contributed by atoms with E-state index in [2.05, 4.69) is 27.5 Å². The molecular weight excluding hydrogens is 261 g/mol. The maximum Gasteiger partial charge on any atom is 0.184 e. The predicted molar refractivity (Wildman–Crippen MR) is 67.4 cm³/mol. The summed E-state index contributed by atoms with van der Waals surface area (Å²) in [5.74, 6) is 0.128. The normalized spacial score (nSPS) is 10.0. The number of nitrogens with zero attached hydrogens (tertiary/aromatic N) is 3. The molecule has 1 heterocycles. The van der Waals surface area contributed by atoms with Crippen molar-refractivity contribution in [2.24, 2.45) is 4.99 Å². The maximum atomic E-state index is 12.8. The van der Waals surface area contributed by atoms with Crippen LogP contribution in [0.4, 0.5) is 10.2 Å². The summed E-state index contributed by atoms with van der Waals surface area (Å²) in [4.78, 5) is 3.75. The Balaban J connectivity index is 2.22. The summed E-state index contributed by atoms with van der Waals surface area (Å²) in [7, 11) is 0. The average Bonchev–Trinajstić information content (AvgIpc) is 2.71. The Labute approximate surface area is 108 Å². The zero-order chi connectivity index (χ0) is 12.3. The summed E-state index contributed by atoms with van der Waals surface area (Å²) in [5, 5.41) is 6.74. The highest BCUT2D eigenvalue weighted by molar-refractivity contribution is 7.78. The van der Waals surface area contributed by atoms with Crippen LogP contribution in [0.5, 0.6) is 0 Å². The van der Waals surface area contributed by atoms with Crippen LogP contribution in [0.1, 0.15) is 5.56 Å². The van der Waals surface area contributed by atoms with E-state index in [0.717, 1.165) is 5.56 Å². The van der Waals surface area contributed by atoms with Crippen molar-refractivity contribution in [1.29, 1.82) is 0 Å². The van der Waals surface area contributed by atoms with Gasteiger partial charge in [-0.3, -0.25) is 4.68 Å². The summed E-state index contributed by atoms with van der Waals surface area (Å²) >= 11 is 10.4. The van der Waals surface area contributed by atoms with Crippen molar-refractivity contribution in [3.05, 3.63) is 46.9 Å². The first-order chi connectivity index (χ1) is 8.19. The molecule has 3 nitrogen and oxygen atoms in total. The van der Waals surface area contributed by atoms with Gasteiger partial charge in [-0.15, -0.1) is 0 Å². The van der Waals surface area contributed by atoms with Crippen LogP contribution in [0, 0.1) is 5.82 Å². The van der Waals surface area contributed by atoms with Crippen molar-refractivity contribution < 1.29 is 4.39 Å². The molecule has 0 aliphatic rings. The predicted octanol–water partition coefficient (Wildman–Crippen LogP) is 3.46. The number of hydrogen-bond donors (Lipinski definition) is 0. The molecule has 1 aromatic heterocycles. The molecule has 86 valence electrons. The van der Waals surface area contributed by atoms with Gasteiger partial charge in [-0.05, 0) is 29.9 Å². The van der Waals surface area contributed by atoms with Crippen molar-refractivity contribution in [2.75, 3.05) is 0 Å². The fraction of sp³-hybridized carbons (Fsp3) is 0.0909. The molecule has 2 aromatic rings. The molecule has 0 aliphatic carbocycles. The van der Waals surface area contributed by atoms with E-state index < -0.39 is 0 Å². The third-order valence-electron chi connectivity index (χ3n) is 2.13. The number of isothiocyanates is 1. The second-order valence-electron chi connectivity index (χ2n) is 3.31. The number of aliphatic imine (C=N–C) groups is 1. The van der Waals surface area contributed by atoms with E-state index in [1.54, 1.807) is 23.0 Å². The first-order valence-corrected chi connectivity index (χ1v) is 5.53. The van der Waals surface area contributed by atoms with Crippen molar-refractivity contribution >= 4 is 34.8 Å².